The zero-order chi connectivity index (χ0) is 10.6. The minimum atomic E-state index is 0.757. The molecule has 0 heterocycles. The molecule has 0 saturated carbocycles. The highest BCUT2D eigenvalue weighted by atomic mass is 16.1. The molecule has 84 valence electrons. The maximum absolute atomic E-state index is 10.0. The van der Waals surface area contributed by atoms with E-state index in [1.165, 1.54) is 44.9 Å². The first-order valence-corrected chi connectivity index (χ1v) is 6.21. The van der Waals surface area contributed by atoms with Crippen LogP contribution < -0.4 is 0 Å². The molecule has 0 saturated heterocycles. The van der Waals surface area contributed by atoms with Gasteiger partial charge >= 0.3 is 0 Å². The summed E-state index contributed by atoms with van der Waals surface area (Å²) < 4.78 is 0. The van der Waals surface area contributed by atoms with Crippen molar-refractivity contribution in [1.29, 1.82) is 0 Å². The summed E-state index contributed by atoms with van der Waals surface area (Å²) in [7, 11) is 0. The Hall–Kier alpha value is -0.330. The lowest BCUT2D eigenvalue weighted by atomic mass is 10.0. The van der Waals surface area contributed by atoms with E-state index >= 15 is 0 Å². The van der Waals surface area contributed by atoms with E-state index in [0.29, 0.717) is 0 Å². The molecular weight excluding hydrogens is 172 g/mol. The second-order valence-electron chi connectivity index (χ2n) is 4.61. The fraction of sp³-hybridized carbons (Fsp3) is 0.923. The molecule has 0 N–H and O–H groups in total. The summed E-state index contributed by atoms with van der Waals surface area (Å²) in [4.78, 5) is 10.0. The van der Waals surface area contributed by atoms with Gasteiger partial charge in [-0.25, -0.2) is 0 Å². The molecule has 0 atom stereocenters. The van der Waals surface area contributed by atoms with Gasteiger partial charge in [0.2, 0.25) is 0 Å². The third-order valence-electron chi connectivity index (χ3n) is 2.60. The van der Waals surface area contributed by atoms with Crippen molar-refractivity contribution >= 4 is 6.29 Å². The van der Waals surface area contributed by atoms with Crippen molar-refractivity contribution in [2.45, 2.75) is 71.6 Å². The molecular formula is C13H26O. The van der Waals surface area contributed by atoms with Crippen LogP contribution in [0.5, 0.6) is 0 Å². The lowest BCUT2D eigenvalue weighted by Gasteiger charge is -2.03. The maximum atomic E-state index is 10.0. The molecule has 0 bridgehead atoms. The maximum Gasteiger partial charge on any atom is 0.119 e. The van der Waals surface area contributed by atoms with E-state index in [1.807, 2.05) is 0 Å². The Morgan fingerprint density at radius 3 is 1.86 bits per heavy atom. The summed E-state index contributed by atoms with van der Waals surface area (Å²) in [5.74, 6) is 0.864. The first-order valence-electron chi connectivity index (χ1n) is 6.21. The minimum absolute atomic E-state index is 0.757. The number of rotatable bonds is 10. The molecule has 1 heteroatoms. The van der Waals surface area contributed by atoms with Crippen LogP contribution in [0.25, 0.3) is 0 Å². The molecule has 0 aromatic rings. The van der Waals surface area contributed by atoms with Gasteiger partial charge < -0.3 is 4.79 Å². The Bertz CT molecular complexity index is 118. The number of carbonyl (C=O) groups excluding carboxylic acids is 1. The van der Waals surface area contributed by atoms with Crippen LogP contribution in [0, 0.1) is 5.92 Å². The highest BCUT2D eigenvalue weighted by Crippen LogP contribution is 2.12. The van der Waals surface area contributed by atoms with Crippen molar-refractivity contribution in [2.75, 3.05) is 0 Å². The van der Waals surface area contributed by atoms with Gasteiger partial charge in [-0.2, -0.15) is 0 Å². The average molecular weight is 198 g/mol. The van der Waals surface area contributed by atoms with Crippen LogP contribution in [-0.2, 0) is 4.79 Å². The lowest BCUT2D eigenvalue weighted by Crippen LogP contribution is -1.87. The van der Waals surface area contributed by atoms with Crippen molar-refractivity contribution in [1.82, 2.24) is 0 Å². The van der Waals surface area contributed by atoms with Crippen molar-refractivity contribution in [3.8, 4) is 0 Å². The van der Waals surface area contributed by atoms with Gasteiger partial charge in [-0.15, -0.1) is 0 Å². The van der Waals surface area contributed by atoms with E-state index in [2.05, 4.69) is 13.8 Å². The summed E-state index contributed by atoms with van der Waals surface area (Å²) in [5, 5.41) is 0. The summed E-state index contributed by atoms with van der Waals surface area (Å²) in [6, 6.07) is 0. The summed E-state index contributed by atoms with van der Waals surface area (Å²) >= 11 is 0. The van der Waals surface area contributed by atoms with Crippen LogP contribution in [0.3, 0.4) is 0 Å². The van der Waals surface area contributed by atoms with Gasteiger partial charge in [0.25, 0.3) is 0 Å². The summed E-state index contributed by atoms with van der Waals surface area (Å²) in [5.41, 5.74) is 0. The van der Waals surface area contributed by atoms with Crippen LogP contribution in [0.2, 0.25) is 0 Å². The van der Waals surface area contributed by atoms with Crippen molar-refractivity contribution < 1.29 is 4.79 Å². The average Bonchev–Trinajstić information content (AvgIpc) is 2.15. The van der Waals surface area contributed by atoms with Gasteiger partial charge in [0, 0.05) is 6.42 Å². The molecule has 0 aromatic heterocycles. The monoisotopic (exact) mass is 198 g/mol. The smallest absolute Gasteiger partial charge is 0.119 e. The van der Waals surface area contributed by atoms with Gasteiger partial charge in [-0.05, 0) is 12.3 Å². The summed E-state index contributed by atoms with van der Waals surface area (Å²) in [6.07, 6.45) is 12.3. The second-order valence-corrected chi connectivity index (χ2v) is 4.61. The largest absolute Gasteiger partial charge is 0.303 e. The molecule has 0 fully saturated rings. The SMILES string of the molecule is CC(C)CCCCCCCCCC=O. The van der Waals surface area contributed by atoms with Gasteiger partial charge in [0.1, 0.15) is 6.29 Å². The Balaban J connectivity index is 2.88. The van der Waals surface area contributed by atoms with Crippen molar-refractivity contribution in [3.05, 3.63) is 0 Å². The molecule has 0 unspecified atom stereocenters. The Morgan fingerprint density at radius 1 is 0.857 bits per heavy atom. The van der Waals surface area contributed by atoms with E-state index in [4.69, 9.17) is 0 Å². The fourth-order valence-electron chi connectivity index (χ4n) is 1.66. The van der Waals surface area contributed by atoms with Gasteiger partial charge in [0.15, 0.2) is 0 Å². The Labute approximate surface area is 89.3 Å². The standard InChI is InChI=1S/C13H26O/c1-13(2)11-9-7-5-3-4-6-8-10-12-14/h12-13H,3-11H2,1-2H3. The fourth-order valence-corrected chi connectivity index (χ4v) is 1.66. The lowest BCUT2D eigenvalue weighted by molar-refractivity contribution is -0.107. The number of unbranched alkanes of at least 4 members (excludes halogenated alkanes) is 7. The summed E-state index contributed by atoms with van der Waals surface area (Å²) in [6.45, 7) is 4.58. The quantitative estimate of drug-likeness (QED) is 0.377. The molecule has 0 aliphatic rings. The third-order valence-corrected chi connectivity index (χ3v) is 2.60. The van der Waals surface area contributed by atoms with Crippen LogP contribution in [0.4, 0.5) is 0 Å². The zero-order valence-electron chi connectivity index (χ0n) is 9.93. The number of carbonyl (C=O) groups is 1. The van der Waals surface area contributed by atoms with Gasteiger partial charge in [0.05, 0.1) is 0 Å². The molecule has 0 aliphatic carbocycles. The number of aldehydes is 1. The number of hydrogen-bond acceptors (Lipinski definition) is 1. The van der Waals surface area contributed by atoms with E-state index in [0.717, 1.165) is 25.0 Å². The highest BCUT2D eigenvalue weighted by Gasteiger charge is 1.94. The molecule has 0 amide bonds. The first kappa shape index (κ1) is 13.7. The predicted octanol–water partition coefficient (Wildman–Crippen LogP) is 4.35. The van der Waals surface area contributed by atoms with E-state index in [1.54, 1.807) is 0 Å². The minimum Gasteiger partial charge on any atom is -0.303 e. The predicted molar refractivity (Wildman–Crippen MR) is 62.5 cm³/mol. The molecule has 0 aromatic carbocycles. The van der Waals surface area contributed by atoms with Crippen LogP contribution in [0.1, 0.15) is 71.6 Å². The van der Waals surface area contributed by atoms with Crippen molar-refractivity contribution in [3.63, 3.8) is 0 Å². The number of hydrogen-bond donors (Lipinski definition) is 0. The zero-order valence-corrected chi connectivity index (χ0v) is 9.93. The third kappa shape index (κ3) is 11.7. The van der Waals surface area contributed by atoms with Crippen LogP contribution in [-0.4, -0.2) is 6.29 Å². The molecule has 0 spiro atoms. The molecule has 14 heavy (non-hydrogen) atoms. The molecule has 1 nitrogen and oxygen atoms in total. The van der Waals surface area contributed by atoms with E-state index < -0.39 is 0 Å². The van der Waals surface area contributed by atoms with E-state index in [9.17, 15) is 4.79 Å². The highest BCUT2D eigenvalue weighted by molar-refractivity contribution is 5.48. The molecule has 0 aliphatic heterocycles. The van der Waals surface area contributed by atoms with Gasteiger partial charge in [-0.3, -0.25) is 0 Å². The molecule has 0 radical (unpaired) electrons. The second kappa shape index (κ2) is 10.7. The van der Waals surface area contributed by atoms with Crippen LogP contribution in [0.15, 0.2) is 0 Å². The van der Waals surface area contributed by atoms with Crippen molar-refractivity contribution in [2.24, 2.45) is 5.92 Å². The topological polar surface area (TPSA) is 17.1 Å². The molecule has 0 rings (SSSR count). The first-order chi connectivity index (χ1) is 6.77. The van der Waals surface area contributed by atoms with Crippen LogP contribution >= 0.6 is 0 Å². The Kier molecular flexibility index (Phi) is 10.5. The van der Waals surface area contributed by atoms with Gasteiger partial charge in [-0.1, -0.05) is 58.8 Å². The Morgan fingerprint density at radius 2 is 1.36 bits per heavy atom. The van der Waals surface area contributed by atoms with E-state index in [-0.39, 0.29) is 0 Å². The normalized spacial score (nSPS) is 10.8.